The van der Waals surface area contributed by atoms with Gasteiger partial charge in [-0.25, -0.2) is 0 Å². The van der Waals surface area contributed by atoms with Gasteiger partial charge in [0.05, 0.1) is 10.9 Å². The molecule has 3 rings (SSSR count). The molecule has 0 saturated carbocycles. The molecule has 0 bridgehead atoms. The summed E-state index contributed by atoms with van der Waals surface area (Å²) in [5, 5.41) is 2.13. The summed E-state index contributed by atoms with van der Waals surface area (Å²) in [5.41, 5.74) is 1.33. The molecule has 1 aliphatic heterocycles. The molecule has 0 N–H and O–H groups in total. The average molecular weight is 277 g/mol. The first-order valence-electron chi connectivity index (χ1n) is 6.10. The third kappa shape index (κ3) is 1.89. The molecule has 4 heteroatoms. The Bertz CT molecular complexity index is 584. The van der Waals surface area contributed by atoms with Crippen molar-refractivity contribution < 1.29 is 4.79 Å². The van der Waals surface area contributed by atoms with Crippen molar-refractivity contribution in [3.05, 3.63) is 43.8 Å². The highest BCUT2D eigenvalue weighted by molar-refractivity contribution is 7.14. The van der Waals surface area contributed by atoms with Crippen LogP contribution in [0.4, 0.5) is 0 Å². The number of carbonyl (C=O) groups excluding carboxylic acids is 1. The van der Waals surface area contributed by atoms with Crippen molar-refractivity contribution in [3.8, 4) is 0 Å². The fourth-order valence-corrected chi connectivity index (χ4v) is 4.26. The molecule has 0 spiro atoms. The zero-order chi connectivity index (χ0) is 12.7. The quantitative estimate of drug-likeness (QED) is 0.774. The van der Waals surface area contributed by atoms with Crippen LogP contribution in [0.1, 0.15) is 38.0 Å². The van der Waals surface area contributed by atoms with E-state index in [1.165, 1.54) is 15.3 Å². The van der Waals surface area contributed by atoms with Crippen LogP contribution < -0.4 is 0 Å². The predicted octanol–water partition coefficient (Wildman–Crippen LogP) is 3.88. The van der Waals surface area contributed by atoms with Gasteiger partial charge in [0, 0.05) is 16.3 Å². The van der Waals surface area contributed by atoms with Crippen molar-refractivity contribution in [2.24, 2.45) is 0 Å². The van der Waals surface area contributed by atoms with Crippen LogP contribution >= 0.6 is 22.7 Å². The fourth-order valence-electron chi connectivity index (χ4n) is 2.48. The second kappa shape index (κ2) is 4.52. The van der Waals surface area contributed by atoms with Crippen LogP contribution in [0, 0.1) is 6.92 Å². The van der Waals surface area contributed by atoms with Crippen LogP contribution in [0.15, 0.2) is 23.6 Å². The van der Waals surface area contributed by atoms with E-state index in [0.29, 0.717) is 0 Å². The minimum atomic E-state index is 0.178. The van der Waals surface area contributed by atoms with Crippen molar-refractivity contribution >= 4 is 28.6 Å². The van der Waals surface area contributed by atoms with Gasteiger partial charge in [0.25, 0.3) is 5.91 Å². The first kappa shape index (κ1) is 11.9. The molecule has 2 nitrogen and oxygen atoms in total. The maximum absolute atomic E-state index is 12.5. The first-order chi connectivity index (χ1) is 8.66. The molecule has 1 atom stereocenters. The molecule has 1 amide bonds. The van der Waals surface area contributed by atoms with E-state index in [-0.39, 0.29) is 11.9 Å². The number of aryl methyl sites for hydroxylation is 1. The Kier molecular flexibility index (Phi) is 2.99. The van der Waals surface area contributed by atoms with Gasteiger partial charge in [0.2, 0.25) is 0 Å². The molecule has 94 valence electrons. The molecule has 0 fully saturated rings. The van der Waals surface area contributed by atoms with Crippen molar-refractivity contribution in [3.63, 3.8) is 0 Å². The summed E-state index contributed by atoms with van der Waals surface area (Å²) in [5.74, 6) is 0.178. The molecule has 18 heavy (non-hydrogen) atoms. The second-order valence-corrected chi connectivity index (χ2v) is 6.92. The van der Waals surface area contributed by atoms with Gasteiger partial charge < -0.3 is 4.90 Å². The minimum Gasteiger partial charge on any atom is -0.331 e. The molecular weight excluding hydrogens is 262 g/mol. The van der Waals surface area contributed by atoms with E-state index in [9.17, 15) is 4.79 Å². The largest absolute Gasteiger partial charge is 0.331 e. The van der Waals surface area contributed by atoms with Crippen molar-refractivity contribution in [1.29, 1.82) is 0 Å². The molecule has 0 radical (unpaired) electrons. The lowest BCUT2D eigenvalue weighted by atomic mass is 10.0. The summed E-state index contributed by atoms with van der Waals surface area (Å²) in [7, 11) is 0. The molecular formula is C14H15NOS2. The van der Waals surface area contributed by atoms with Gasteiger partial charge >= 0.3 is 0 Å². The Morgan fingerprint density at radius 1 is 1.39 bits per heavy atom. The zero-order valence-electron chi connectivity index (χ0n) is 10.5. The molecule has 2 aromatic heterocycles. The van der Waals surface area contributed by atoms with Gasteiger partial charge in [-0.2, -0.15) is 0 Å². The van der Waals surface area contributed by atoms with E-state index >= 15 is 0 Å². The summed E-state index contributed by atoms with van der Waals surface area (Å²) < 4.78 is 0. The van der Waals surface area contributed by atoms with E-state index < -0.39 is 0 Å². The number of hydrogen-bond donors (Lipinski definition) is 0. The second-order valence-electron chi connectivity index (χ2n) is 4.63. The van der Waals surface area contributed by atoms with E-state index in [1.54, 1.807) is 11.3 Å². The summed E-state index contributed by atoms with van der Waals surface area (Å²) in [6.07, 6.45) is 0.993. The van der Waals surface area contributed by atoms with Gasteiger partial charge in [0.1, 0.15) is 0 Å². The average Bonchev–Trinajstić information content (AvgIpc) is 2.97. The van der Waals surface area contributed by atoms with Crippen molar-refractivity contribution in [2.45, 2.75) is 26.3 Å². The molecule has 3 heterocycles. The van der Waals surface area contributed by atoms with E-state index in [0.717, 1.165) is 17.8 Å². The van der Waals surface area contributed by atoms with Gasteiger partial charge in [0.15, 0.2) is 0 Å². The molecule has 1 aliphatic rings. The van der Waals surface area contributed by atoms with E-state index in [4.69, 9.17) is 0 Å². The zero-order valence-corrected chi connectivity index (χ0v) is 12.1. The number of carbonyl (C=O) groups is 1. The van der Waals surface area contributed by atoms with Crippen LogP contribution in [0.2, 0.25) is 0 Å². The Balaban J connectivity index is 1.88. The van der Waals surface area contributed by atoms with E-state index in [2.05, 4.69) is 18.4 Å². The monoisotopic (exact) mass is 277 g/mol. The summed E-state index contributed by atoms with van der Waals surface area (Å²) in [6, 6.07) is 6.32. The number of amides is 1. The Morgan fingerprint density at radius 3 is 2.94 bits per heavy atom. The predicted molar refractivity (Wildman–Crippen MR) is 76.5 cm³/mol. The van der Waals surface area contributed by atoms with Crippen LogP contribution in [0.3, 0.4) is 0 Å². The number of fused-ring (bicyclic) bond motifs is 1. The van der Waals surface area contributed by atoms with Gasteiger partial charge in [-0.3, -0.25) is 4.79 Å². The first-order valence-corrected chi connectivity index (χ1v) is 7.80. The van der Waals surface area contributed by atoms with Gasteiger partial charge in [-0.15, -0.1) is 22.7 Å². The topological polar surface area (TPSA) is 20.3 Å². The standard InChI is InChI=1S/C14H15NOS2/c1-9-3-4-13(18-9)14(16)15-7-5-12-11(10(15)2)6-8-17-12/h3-4,6,8,10H,5,7H2,1-2H3. The number of rotatable bonds is 1. The molecule has 0 saturated heterocycles. The van der Waals surface area contributed by atoms with Crippen LogP contribution in [0.5, 0.6) is 0 Å². The molecule has 0 aliphatic carbocycles. The molecule has 1 unspecified atom stereocenters. The highest BCUT2D eigenvalue weighted by Gasteiger charge is 2.29. The lowest BCUT2D eigenvalue weighted by Gasteiger charge is -2.33. The minimum absolute atomic E-state index is 0.178. The van der Waals surface area contributed by atoms with Crippen molar-refractivity contribution in [2.75, 3.05) is 6.54 Å². The third-order valence-corrected chi connectivity index (χ3v) is 5.47. The highest BCUT2D eigenvalue weighted by atomic mass is 32.1. The number of nitrogens with zero attached hydrogens (tertiary/aromatic N) is 1. The molecule has 0 aromatic carbocycles. The van der Waals surface area contributed by atoms with Crippen LogP contribution in [-0.4, -0.2) is 17.4 Å². The number of thiophene rings is 2. The number of hydrogen-bond acceptors (Lipinski definition) is 3. The summed E-state index contributed by atoms with van der Waals surface area (Å²) >= 11 is 3.39. The summed E-state index contributed by atoms with van der Waals surface area (Å²) in [6.45, 7) is 5.01. The lowest BCUT2D eigenvalue weighted by Crippen LogP contribution is -2.37. The fraction of sp³-hybridized carbons (Fsp3) is 0.357. The van der Waals surface area contributed by atoms with Crippen molar-refractivity contribution in [1.82, 2.24) is 4.90 Å². The van der Waals surface area contributed by atoms with E-state index in [1.807, 2.05) is 35.3 Å². The maximum Gasteiger partial charge on any atom is 0.264 e. The van der Waals surface area contributed by atoms with Gasteiger partial charge in [-0.05, 0) is 49.4 Å². The Labute approximate surface area is 115 Å². The summed E-state index contributed by atoms with van der Waals surface area (Å²) in [4.78, 5) is 18.0. The van der Waals surface area contributed by atoms with Gasteiger partial charge in [-0.1, -0.05) is 0 Å². The normalized spacial score (nSPS) is 18.8. The Morgan fingerprint density at radius 2 is 2.22 bits per heavy atom. The third-order valence-electron chi connectivity index (χ3n) is 3.49. The SMILES string of the molecule is Cc1ccc(C(=O)N2CCc3sccc3C2C)s1. The highest BCUT2D eigenvalue weighted by Crippen LogP contribution is 2.34. The lowest BCUT2D eigenvalue weighted by molar-refractivity contribution is 0.0684. The van der Waals surface area contributed by atoms with Crippen LogP contribution in [0.25, 0.3) is 0 Å². The Hall–Kier alpha value is -1.13. The van der Waals surface area contributed by atoms with Crippen LogP contribution in [-0.2, 0) is 6.42 Å². The molecule has 2 aromatic rings. The maximum atomic E-state index is 12.5. The smallest absolute Gasteiger partial charge is 0.264 e.